The third-order valence-corrected chi connectivity index (χ3v) is 10.2. The molecule has 46 heavy (non-hydrogen) atoms. The highest BCUT2D eigenvalue weighted by atomic mass is 32.2. The Kier molecular flexibility index (Phi) is 11.4. The van der Waals surface area contributed by atoms with Crippen molar-refractivity contribution < 1.29 is 18.0 Å². The minimum Gasteiger partial charge on any atom is -0.352 e. The molecule has 0 unspecified atom stereocenters. The Morgan fingerprint density at radius 2 is 1.41 bits per heavy atom. The van der Waals surface area contributed by atoms with E-state index in [4.69, 9.17) is 0 Å². The molecule has 8 heteroatoms. The van der Waals surface area contributed by atoms with Crippen molar-refractivity contribution in [1.29, 1.82) is 0 Å². The van der Waals surface area contributed by atoms with E-state index in [2.05, 4.69) is 5.32 Å². The average Bonchev–Trinajstić information content (AvgIpc) is 3.04. The molecular weight excluding hydrogens is 595 g/mol. The van der Waals surface area contributed by atoms with Crippen LogP contribution in [0.1, 0.15) is 53.6 Å². The van der Waals surface area contributed by atoms with E-state index in [1.807, 2.05) is 108 Å². The summed E-state index contributed by atoms with van der Waals surface area (Å²) < 4.78 is 29.9. The van der Waals surface area contributed by atoms with Crippen LogP contribution >= 0.6 is 0 Å². The molecule has 242 valence electrons. The van der Waals surface area contributed by atoms with Crippen molar-refractivity contribution in [3.05, 3.63) is 130 Å². The number of sulfonamides is 1. The van der Waals surface area contributed by atoms with E-state index < -0.39 is 28.5 Å². The lowest BCUT2D eigenvalue weighted by molar-refractivity contribution is -0.140. The van der Waals surface area contributed by atoms with Crippen LogP contribution in [0.2, 0.25) is 0 Å². The van der Waals surface area contributed by atoms with Crippen molar-refractivity contribution in [3.63, 3.8) is 0 Å². The summed E-state index contributed by atoms with van der Waals surface area (Å²) in [5, 5.41) is 3.08. The van der Waals surface area contributed by atoms with Crippen LogP contribution in [-0.2, 0) is 32.6 Å². The molecule has 2 atom stereocenters. The lowest BCUT2D eigenvalue weighted by atomic mass is 10.0. The van der Waals surface area contributed by atoms with Gasteiger partial charge in [-0.15, -0.1) is 0 Å². The van der Waals surface area contributed by atoms with Gasteiger partial charge in [-0.05, 0) is 87.1 Å². The number of hydrogen-bond acceptors (Lipinski definition) is 4. The molecular formula is C38H45N3O4S. The largest absolute Gasteiger partial charge is 0.352 e. The second-order valence-corrected chi connectivity index (χ2v) is 13.9. The molecule has 4 rings (SSSR count). The maximum Gasteiger partial charge on any atom is 0.264 e. The maximum absolute atomic E-state index is 14.7. The van der Waals surface area contributed by atoms with Gasteiger partial charge in [-0.2, -0.15) is 0 Å². The zero-order valence-corrected chi connectivity index (χ0v) is 28.5. The molecule has 0 heterocycles. The third kappa shape index (κ3) is 8.43. The van der Waals surface area contributed by atoms with E-state index in [1.54, 1.807) is 35.2 Å². The van der Waals surface area contributed by atoms with E-state index >= 15 is 0 Å². The monoisotopic (exact) mass is 639 g/mol. The molecule has 0 bridgehead atoms. The van der Waals surface area contributed by atoms with Gasteiger partial charge >= 0.3 is 0 Å². The number of nitrogens with one attached hydrogen (secondary N) is 1. The summed E-state index contributed by atoms with van der Waals surface area (Å²) >= 11 is 0. The molecule has 7 nitrogen and oxygen atoms in total. The second-order valence-electron chi connectivity index (χ2n) is 12.1. The van der Waals surface area contributed by atoms with Crippen LogP contribution in [0.25, 0.3) is 0 Å². The van der Waals surface area contributed by atoms with Crippen LogP contribution in [0.5, 0.6) is 0 Å². The van der Waals surface area contributed by atoms with Gasteiger partial charge in [0, 0.05) is 19.0 Å². The minimum atomic E-state index is -4.16. The van der Waals surface area contributed by atoms with E-state index in [0.29, 0.717) is 5.69 Å². The van der Waals surface area contributed by atoms with Crippen LogP contribution < -0.4 is 9.62 Å². The van der Waals surface area contributed by atoms with Gasteiger partial charge in [0.1, 0.15) is 12.6 Å². The average molecular weight is 640 g/mol. The summed E-state index contributed by atoms with van der Waals surface area (Å²) in [4.78, 5) is 30.3. The minimum absolute atomic E-state index is 0.0904. The number of carbonyl (C=O) groups is 2. The number of amides is 2. The highest BCUT2D eigenvalue weighted by Crippen LogP contribution is 2.29. The molecule has 2 amide bonds. The summed E-state index contributed by atoms with van der Waals surface area (Å²) in [5.74, 6) is -0.750. The first-order valence-electron chi connectivity index (χ1n) is 15.8. The summed E-state index contributed by atoms with van der Waals surface area (Å²) in [6.07, 6.45) is 1.000. The normalized spacial score (nSPS) is 12.7. The van der Waals surface area contributed by atoms with Crippen LogP contribution in [0, 0.1) is 27.7 Å². The van der Waals surface area contributed by atoms with Gasteiger partial charge in [0.15, 0.2) is 0 Å². The third-order valence-electron chi connectivity index (χ3n) is 8.40. The van der Waals surface area contributed by atoms with Gasteiger partial charge in [0.25, 0.3) is 10.0 Å². The Morgan fingerprint density at radius 1 is 0.783 bits per heavy atom. The van der Waals surface area contributed by atoms with Crippen molar-refractivity contribution in [2.75, 3.05) is 10.8 Å². The molecule has 0 spiro atoms. The molecule has 0 aliphatic heterocycles. The number of carbonyl (C=O) groups excluding carboxylic acids is 2. The molecule has 0 fully saturated rings. The first-order valence-corrected chi connectivity index (χ1v) is 17.2. The van der Waals surface area contributed by atoms with Crippen LogP contribution in [0.3, 0.4) is 0 Å². The highest BCUT2D eigenvalue weighted by Gasteiger charge is 2.35. The van der Waals surface area contributed by atoms with Crippen LogP contribution in [-0.4, -0.2) is 43.8 Å². The summed E-state index contributed by atoms with van der Waals surface area (Å²) in [7, 11) is -4.16. The molecule has 4 aromatic carbocycles. The van der Waals surface area contributed by atoms with E-state index in [1.165, 1.54) is 4.31 Å². The Morgan fingerprint density at radius 3 is 2.07 bits per heavy atom. The molecule has 1 N–H and O–H groups in total. The van der Waals surface area contributed by atoms with E-state index in [0.717, 1.165) is 39.8 Å². The maximum atomic E-state index is 14.7. The number of rotatable bonds is 13. The fourth-order valence-corrected chi connectivity index (χ4v) is 6.78. The standard InChI is InChI=1S/C38H45N3O4S/c1-7-31(6)39-38(43)36(24-32-14-9-8-10-15-32)40(25-33-16-12-11-13-29(33)4)37(42)26-41(35-23-28(3)17-20-30(35)5)46(44,45)34-21-18-27(2)19-22-34/h8-23,31,36H,7,24-26H2,1-6H3,(H,39,43)/t31-,36-/m0/s1. The smallest absolute Gasteiger partial charge is 0.264 e. The van der Waals surface area contributed by atoms with Crippen molar-refractivity contribution in [2.24, 2.45) is 0 Å². The Labute approximate surface area is 274 Å². The van der Waals surface area contributed by atoms with E-state index in [9.17, 15) is 18.0 Å². The predicted molar refractivity (Wildman–Crippen MR) is 185 cm³/mol. The van der Waals surface area contributed by atoms with Gasteiger partial charge in [-0.3, -0.25) is 13.9 Å². The molecule has 0 saturated heterocycles. The number of benzene rings is 4. The number of nitrogens with zero attached hydrogens (tertiary/aromatic N) is 2. The van der Waals surface area contributed by atoms with Gasteiger partial charge in [-0.1, -0.05) is 91.3 Å². The number of hydrogen-bond donors (Lipinski definition) is 1. The van der Waals surface area contributed by atoms with Crippen LogP contribution in [0.4, 0.5) is 5.69 Å². The molecule has 0 saturated carbocycles. The summed E-state index contributed by atoms with van der Waals surface area (Å²) in [6.45, 7) is 11.2. The van der Waals surface area contributed by atoms with Gasteiger partial charge in [0.2, 0.25) is 11.8 Å². The molecule has 0 aromatic heterocycles. The van der Waals surface area contributed by atoms with Gasteiger partial charge < -0.3 is 10.2 Å². The van der Waals surface area contributed by atoms with Crippen molar-refractivity contribution in [3.8, 4) is 0 Å². The lowest BCUT2D eigenvalue weighted by Gasteiger charge is -2.35. The van der Waals surface area contributed by atoms with Crippen molar-refractivity contribution >= 4 is 27.5 Å². The zero-order valence-electron chi connectivity index (χ0n) is 27.7. The Hall–Kier alpha value is -4.43. The molecule has 0 radical (unpaired) electrons. The topological polar surface area (TPSA) is 86.8 Å². The van der Waals surface area contributed by atoms with Crippen molar-refractivity contribution in [1.82, 2.24) is 10.2 Å². The molecule has 4 aromatic rings. The van der Waals surface area contributed by atoms with Gasteiger partial charge in [-0.25, -0.2) is 8.42 Å². The first kappa shape index (κ1) is 34.4. The van der Waals surface area contributed by atoms with E-state index in [-0.39, 0.29) is 29.8 Å². The highest BCUT2D eigenvalue weighted by molar-refractivity contribution is 7.92. The second kappa shape index (κ2) is 15.2. The molecule has 0 aliphatic rings. The number of aryl methyl sites for hydroxylation is 4. The Bertz CT molecular complexity index is 1750. The fourth-order valence-electron chi connectivity index (χ4n) is 5.30. The summed E-state index contributed by atoms with van der Waals surface area (Å²) in [6, 6.07) is 28.5. The molecule has 0 aliphatic carbocycles. The van der Waals surface area contributed by atoms with Crippen LogP contribution in [0.15, 0.2) is 102 Å². The SMILES string of the molecule is CC[C@H](C)NC(=O)[C@H](Cc1ccccc1)N(Cc1ccccc1C)C(=O)CN(c1cc(C)ccc1C)S(=O)(=O)c1ccc(C)cc1. The lowest BCUT2D eigenvalue weighted by Crippen LogP contribution is -2.54. The van der Waals surface area contributed by atoms with Crippen molar-refractivity contribution in [2.45, 2.75) is 77.9 Å². The first-order chi connectivity index (χ1) is 21.9. The Balaban J connectivity index is 1.85. The zero-order chi connectivity index (χ0) is 33.4. The predicted octanol–water partition coefficient (Wildman–Crippen LogP) is 6.67. The fraction of sp³-hybridized carbons (Fsp3) is 0.316. The number of anilines is 1. The quantitative estimate of drug-likeness (QED) is 0.177. The van der Waals surface area contributed by atoms with Gasteiger partial charge in [0.05, 0.1) is 10.6 Å². The summed E-state index contributed by atoms with van der Waals surface area (Å²) in [5.41, 5.74) is 5.68.